The Morgan fingerprint density at radius 2 is 1.97 bits per heavy atom. The van der Waals surface area contributed by atoms with Gasteiger partial charge in [-0.05, 0) is 78.4 Å². The molecule has 0 atom stereocenters. The molecule has 8 heteroatoms. The highest BCUT2D eigenvalue weighted by atomic mass is 127. The first-order chi connectivity index (χ1) is 14.7. The minimum absolute atomic E-state index is 0. The number of piperidine rings is 1. The molecule has 0 unspecified atom stereocenters. The van der Waals surface area contributed by atoms with Crippen molar-refractivity contribution in [1.82, 2.24) is 20.1 Å². The zero-order valence-electron chi connectivity index (χ0n) is 20.7. The molecule has 2 heterocycles. The molecule has 1 aliphatic heterocycles. The maximum atomic E-state index is 12.4. The zero-order chi connectivity index (χ0) is 22.9. The predicted octanol–water partition coefficient (Wildman–Crippen LogP) is 4.49. The van der Waals surface area contributed by atoms with E-state index in [4.69, 9.17) is 9.73 Å². The molecule has 1 saturated heterocycles. The van der Waals surface area contributed by atoms with Crippen molar-refractivity contribution >= 4 is 36.0 Å². The van der Waals surface area contributed by atoms with Crippen LogP contribution in [0.1, 0.15) is 58.7 Å². The quantitative estimate of drug-likeness (QED) is 0.303. The fourth-order valence-corrected chi connectivity index (χ4v) is 3.66. The number of rotatable bonds is 7. The van der Waals surface area contributed by atoms with E-state index in [2.05, 4.69) is 28.2 Å². The van der Waals surface area contributed by atoms with E-state index in [-0.39, 0.29) is 30.1 Å². The first kappa shape index (κ1) is 28.5. The van der Waals surface area contributed by atoms with Gasteiger partial charge in [-0.3, -0.25) is 9.98 Å². The maximum absolute atomic E-state index is 12.4. The summed E-state index contributed by atoms with van der Waals surface area (Å²) in [6.07, 6.45) is 4.71. The van der Waals surface area contributed by atoms with E-state index >= 15 is 0 Å². The summed E-state index contributed by atoms with van der Waals surface area (Å²) in [6.45, 7) is 16.8. The molecular weight excluding hydrogens is 517 g/mol. The summed E-state index contributed by atoms with van der Waals surface area (Å²) in [7, 11) is 0. The molecule has 0 spiro atoms. The summed E-state index contributed by atoms with van der Waals surface area (Å²) >= 11 is 0. The Morgan fingerprint density at radius 1 is 1.28 bits per heavy atom. The Morgan fingerprint density at radius 3 is 2.50 bits per heavy atom. The highest BCUT2D eigenvalue weighted by Crippen LogP contribution is 2.20. The van der Waals surface area contributed by atoms with Crippen LogP contribution in [0.15, 0.2) is 23.3 Å². The van der Waals surface area contributed by atoms with Crippen LogP contribution in [0.3, 0.4) is 0 Å². The summed E-state index contributed by atoms with van der Waals surface area (Å²) in [5.74, 6) is 1.48. The Balaban J connectivity index is 0.00000512. The summed E-state index contributed by atoms with van der Waals surface area (Å²) in [4.78, 5) is 25.8. The van der Waals surface area contributed by atoms with Crippen LogP contribution in [-0.2, 0) is 11.2 Å². The smallest absolute Gasteiger partial charge is 0.410 e. The van der Waals surface area contributed by atoms with Crippen LogP contribution >= 0.6 is 24.0 Å². The van der Waals surface area contributed by atoms with Gasteiger partial charge < -0.3 is 19.9 Å². The third-order valence-corrected chi connectivity index (χ3v) is 5.40. The normalized spacial score (nSPS) is 15.2. The molecule has 0 aliphatic carbocycles. The molecule has 32 heavy (non-hydrogen) atoms. The van der Waals surface area contributed by atoms with Crippen molar-refractivity contribution in [2.24, 2.45) is 10.9 Å². The van der Waals surface area contributed by atoms with Crippen molar-refractivity contribution in [2.75, 3.05) is 39.3 Å². The van der Waals surface area contributed by atoms with Crippen LogP contribution in [0.25, 0.3) is 0 Å². The highest BCUT2D eigenvalue weighted by Gasteiger charge is 2.27. The number of aliphatic imine (C=N–C) groups is 1. The minimum atomic E-state index is -0.459. The van der Waals surface area contributed by atoms with Gasteiger partial charge in [0.2, 0.25) is 0 Å². The van der Waals surface area contributed by atoms with Crippen molar-refractivity contribution < 1.29 is 9.53 Å². The van der Waals surface area contributed by atoms with E-state index < -0.39 is 5.60 Å². The maximum Gasteiger partial charge on any atom is 0.410 e. The lowest BCUT2D eigenvalue weighted by Gasteiger charge is -2.36. The van der Waals surface area contributed by atoms with Gasteiger partial charge in [0.1, 0.15) is 5.60 Å². The predicted molar refractivity (Wildman–Crippen MR) is 142 cm³/mol. The number of carbonyl (C=O) groups is 1. The number of halogens is 1. The number of guanidine groups is 1. The van der Waals surface area contributed by atoms with Crippen LogP contribution in [0, 0.1) is 12.8 Å². The zero-order valence-corrected chi connectivity index (χ0v) is 23.0. The Hall–Kier alpha value is -1.58. The minimum Gasteiger partial charge on any atom is -0.444 e. The lowest BCUT2D eigenvalue weighted by atomic mass is 9.96. The van der Waals surface area contributed by atoms with E-state index in [0.717, 1.165) is 63.6 Å². The monoisotopic (exact) mass is 559 g/mol. The molecule has 1 aromatic rings. The van der Waals surface area contributed by atoms with Gasteiger partial charge in [0, 0.05) is 51.2 Å². The standard InChI is InChI=1S/C24H41N5O2.HI/c1-7-25-22(26-14-11-20-10-9-19(3)27-17-20)29-15-12-21(13-16-29)18-28(8-2)23(30)31-24(4,5)6;/h9-10,17,21H,7-8,11-16,18H2,1-6H3,(H,25,26);1H. The van der Waals surface area contributed by atoms with Gasteiger partial charge in [-0.25, -0.2) is 4.79 Å². The average molecular weight is 560 g/mol. The number of nitrogens with zero attached hydrogens (tertiary/aromatic N) is 4. The van der Waals surface area contributed by atoms with Gasteiger partial charge in [-0.2, -0.15) is 0 Å². The van der Waals surface area contributed by atoms with E-state index in [0.29, 0.717) is 12.5 Å². The van der Waals surface area contributed by atoms with Gasteiger partial charge in [-0.1, -0.05) is 6.07 Å². The average Bonchev–Trinajstić information content (AvgIpc) is 2.72. The van der Waals surface area contributed by atoms with Gasteiger partial charge in [-0.15, -0.1) is 24.0 Å². The third kappa shape index (κ3) is 9.92. The highest BCUT2D eigenvalue weighted by molar-refractivity contribution is 14.0. The van der Waals surface area contributed by atoms with Gasteiger partial charge in [0.15, 0.2) is 5.96 Å². The lowest BCUT2D eigenvalue weighted by Crippen LogP contribution is -2.48. The topological polar surface area (TPSA) is 70.1 Å². The number of pyridine rings is 1. The first-order valence-electron chi connectivity index (χ1n) is 11.6. The van der Waals surface area contributed by atoms with Crippen LogP contribution in [0.4, 0.5) is 4.79 Å². The number of hydrogen-bond donors (Lipinski definition) is 1. The van der Waals surface area contributed by atoms with Crippen molar-refractivity contribution in [2.45, 2.75) is 66.4 Å². The molecule has 1 aliphatic rings. The molecule has 1 amide bonds. The number of carbonyl (C=O) groups excluding carboxylic acids is 1. The molecule has 0 radical (unpaired) electrons. The molecule has 0 saturated carbocycles. The fourth-order valence-electron chi connectivity index (χ4n) is 3.66. The van der Waals surface area contributed by atoms with Crippen molar-refractivity contribution in [3.05, 3.63) is 29.6 Å². The van der Waals surface area contributed by atoms with E-state index in [1.807, 2.05) is 51.8 Å². The second-order valence-electron chi connectivity index (χ2n) is 9.24. The lowest BCUT2D eigenvalue weighted by molar-refractivity contribution is 0.0214. The Bertz CT molecular complexity index is 710. The van der Waals surface area contributed by atoms with E-state index in [1.165, 1.54) is 5.56 Å². The van der Waals surface area contributed by atoms with Gasteiger partial charge in [0.05, 0.1) is 0 Å². The Kier molecular flexibility index (Phi) is 12.3. The number of likely N-dealkylation sites (tertiary alicyclic amines) is 1. The molecule has 1 N–H and O–H groups in total. The Labute approximate surface area is 211 Å². The van der Waals surface area contributed by atoms with Crippen LogP contribution in [0.5, 0.6) is 0 Å². The summed E-state index contributed by atoms with van der Waals surface area (Å²) in [6, 6.07) is 4.17. The number of aromatic nitrogens is 1. The molecule has 0 bridgehead atoms. The number of amides is 1. The van der Waals surface area contributed by atoms with Crippen LogP contribution in [-0.4, -0.2) is 71.7 Å². The molecule has 1 aromatic heterocycles. The first-order valence-corrected chi connectivity index (χ1v) is 11.6. The molecule has 1 fully saturated rings. The van der Waals surface area contributed by atoms with Gasteiger partial charge >= 0.3 is 6.09 Å². The fraction of sp³-hybridized carbons (Fsp3) is 0.708. The molecule has 2 rings (SSSR count). The third-order valence-electron chi connectivity index (χ3n) is 5.40. The number of hydrogen-bond acceptors (Lipinski definition) is 4. The van der Waals surface area contributed by atoms with Crippen molar-refractivity contribution in [3.8, 4) is 0 Å². The van der Waals surface area contributed by atoms with Crippen molar-refractivity contribution in [3.63, 3.8) is 0 Å². The summed E-state index contributed by atoms with van der Waals surface area (Å²) in [5.41, 5.74) is 1.79. The number of aryl methyl sites for hydroxylation is 1. The number of ether oxygens (including phenoxy) is 1. The molecule has 182 valence electrons. The molecule has 7 nitrogen and oxygen atoms in total. The van der Waals surface area contributed by atoms with Crippen molar-refractivity contribution in [1.29, 1.82) is 0 Å². The second kappa shape index (κ2) is 13.9. The largest absolute Gasteiger partial charge is 0.444 e. The number of nitrogens with one attached hydrogen (secondary N) is 1. The molecular formula is C24H42IN5O2. The van der Waals surface area contributed by atoms with Gasteiger partial charge in [0.25, 0.3) is 0 Å². The van der Waals surface area contributed by atoms with E-state index in [9.17, 15) is 4.79 Å². The summed E-state index contributed by atoms with van der Waals surface area (Å²) < 4.78 is 5.55. The van der Waals surface area contributed by atoms with Crippen LogP contribution < -0.4 is 5.32 Å². The molecule has 0 aromatic carbocycles. The van der Waals surface area contributed by atoms with Crippen LogP contribution in [0.2, 0.25) is 0 Å². The summed E-state index contributed by atoms with van der Waals surface area (Å²) in [5, 5.41) is 3.43. The SMILES string of the molecule is CCNC(=NCCc1ccc(C)nc1)N1CCC(CN(CC)C(=O)OC(C)(C)C)CC1.I. The van der Waals surface area contributed by atoms with E-state index in [1.54, 1.807) is 0 Å². The second-order valence-corrected chi connectivity index (χ2v) is 9.24.